The van der Waals surface area contributed by atoms with Gasteiger partial charge in [0, 0.05) is 11.5 Å². The maximum absolute atomic E-state index is 10.9. The van der Waals surface area contributed by atoms with Gasteiger partial charge in [-0.15, -0.1) is 0 Å². The molecule has 0 aliphatic heterocycles. The van der Waals surface area contributed by atoms with Crippen LogP contribution in [0.4, 0.5) is 0 Å². The molecular formula is C15H18O4. The van der Waals surface area contributed by atoms with E-state index in [1.165, 1.54) is 13.2 Å². The third kappa shape index (κ3) is 2.78. The van der Waals surface area contributed by atoms with Gasteiger partial charge in [0.2, 0.25) is 5.76 Å². The number of benzene rings is 1. The third-order valence-electron chi connectivity index (χ3n) is 2.54. The van der Waals surface area contributed by atoms with Gasteiger partial charge in [-0.05, 0) is 18.6 Å². The number of carboxylic acids is 1. The van der Waals surface area contributed by atoms with Crippen LogP contribution in [0.2, 0.25) is 0 Å². The Morgan fingerprint density at radius 2 is 2.00 bits per heavy atom. The van der Waals surface area contributed by atoms with Crippen LogP contribution in [0.5, 0.6) is 5.75 Å². The molecular weight excluding hydrogens is 244 g/mol. The molecule has 1 aromatic heterocycles. The Kier molecular flexibility index (Phi) is 4.75. The number of rotatable bonds is 3. The van der Waals surface area contributed by atoms with Gasteiger partial charge in [-0.2, -0.15) is 0 Å². The minimum atomic E-state index is -1.10. The van der Waals surface area contributed by atoms with Crippen LogP contribution in [0.3, 0.4) is 0 Å². The van der Waals surface area contributed by atoms with Crippen LogP contribution < -0.4 is 4.74 Å². The molecule has 1 aromatic carbocycles. The molecule has 2 aromatic rings. The van der Waals surface area contributed by atoms with Crippen molar-refractivity contribution in [2.24, 2.45) is 0 Å². The summed E-state index contributed by atoms with van der Waals surface area (Å²) in [5, 5.41) is 9.62. The minimum Gasteiger partial charge on any atom is -0.493 e. The molecule has 0 fully saturated rings. The molecule has 0 amide bonds. The molecule has 4 heteroatoms. The molecule has 0 aliphatic rings. The summed E-state index contributed by atoms with van der Waals surface area (Å²) in [6, 6.07) is 5.07. The third-order valence-corrected chi connectivity index (χ3v) is 2.54. The maximum atomic E-state index is 10.9. The lowest BCUT2D eigenvalue weighted by Crippen LogP contribution is -1.91. The standard InChI is InChI=1S/C13H12O4.C2H6/c1-7(2)8-4-5-10(16-3)12-9(8)6-11(17-12)13(14)15;1-2/h4-6H,1H2,2-3H3,(H,14,15);1-2H3. The maximum Gasteiger partial charge on any atom is 0.371 e. The smallest absolute Gasteiger partial charge is 0.371 e. The van der Waals surface area contributed by atoms with Crippen LogP contribution in [0.25, 0.3) is 16.5 Å². The van der Waals surface area contributed by atoms with Crippen molar-refractivity contribution in [3.63, 3.8) is 0 Å². The van der Waals surface area contributed by atoms with Gasteiger partial charge >= 0.3 is 5.97 Å². The van der Waals surface area contributed by atoms with Crippen molar-refractivity contribution in [1.82, 2.24) is 0 Å². The van der Waals surface area contributed by atoms with Crippen LogP contribution in [0, 0.1) is 0 Å². The van der Waals surface area contributed by atoms with Crippen LogP contribution in [-0.2, 0) is 0 Å². The van der Waals surface area contributed by atoms with Gasteiger partial charge in [-0.1, -0.05) is 32.1 Å². The molecule has 0 atom stereocenters. The largest absolute Gasteiger partial charge is 0.493 e. The Bertz CT molecular complexity index is 608. The zero-order valence-corrected chi connectivity index (χ0v) is 11.6. The highest BCUT2D eigenvalue weighted by atomic mass is 16.5. The number of hydrogen-bond acceptors (Lipinski definition) is 3. The van der Waals surface area contributed by atoms with E-state index in [0.717, 1.165) is 11.1 Å². The Morgan fingerprint density at radius 1 is 1.37 bits per heavy atom. The highest BCUT2D eigenvalue weighted by Gasteiger charge is 2.16. The number of hydrogen-bond donors (Lipinski definition) is 1. The molecule has 1 N–H and O–H groups in total. The molecule has 2 rings (SSSR count). The number of furan rings is 1. The average molecular weight is 262 g/mol. The monoisotopic (exact) mass is 262 g/mol. The predicted molar refractivity (Wildman–Crippen MR) is 75.8 cm³/mol. The molecule has 102 valence electrons. The number of allylic oxidation sites excluding steroid dienone is 1. The van der Waals surface area contributed by atoms with Gasteiger partial charge in [-0.25, -0.2) is 4.79 Å². The number of methoxy groups -OCH3 is 1. The minimum absolute atomic E-state index is 0.105. The number of fused-ring (bicyclic) bond motifs is 1. The van der Waals surface area contributed by atoms with Crippen molar-refractivity contribution in [2.45, 2.75) is 20.8 Å². The van der Waals surface area contributed by atoms with Crippen molar-refractivity contribution in [3.05, 3.63) is 36.1 Å². The molecule has 0 saturated carbocycles. The summed E-state index contributed by atoms with van der Waals surface area (Å²) < 4.78 is 10.4. The second-order valence-corrected chi connectivity index (χ2v) is 3.75. The first kappa shape index (κ1) is 14.8. The van der Waals surface area contributed by atoms with E-state index in [2.05, 4.69) is 6.58 Å². The summed E-state index contributed by atoms with van der Waals surface area (Å²) in [5.41, 5.74) is 2.14. The van der Waals surface area contributed by atoms with Crippen molar-refractivity contribution in [2.75, 3.05) is 7.11 Å². The number of carboxylic acid groups (broad SMARTS) is 1. The molecule has 0 spiro atoms. The quantitative estimate of drug-likeness (QED) is 0.900. The summed E-state index contributed by atoms with van der Waals surface area (Å²) in [6.07, 6.45) is 0. The first-order valence-electron chi connectivity index (χ1n) is 6.04. The molecule has 0 unspecified atom stereocenters. The fraction of sp³-hybridized carbons (Fsp3) is 0.267. The van der Waals surface area contributed by atoms with E-state index in [-0.39, 0.29) is 5.76 Å². The fourth-order valence-corrected chi connectivity index (χ4v) is 1.74. The van der Waals surface area contributed by atoms with Crippen molar-refractivity contribution < 1.29 is 19.1 Å². The second kappa shape index (κ2) is 6.09. The van der Waals surface area contributed by atoms with Crippen LogP contribution in [-0.4, -0.2) is 18.2 Å². The van der Waals surface area contributed by atoms with Crippen molar-refractivity contribution >= 4 is 22.5 Å². The van der Waals surface area contributed by atoms with Gasteiger partial charge in [0.05, 0.1) is 7.11 Å². The first-order chi connectivity index (χ1) is 9.04. The van der Waals surface area contributed by atoms with E-state index in [9.17, 15) is 4.79 Å². The van der Waals surface area contributed by atoms with Crippen LogP contribution in [0.1, 0.15) is 36.9 Å². The van der Waals surface area contributed by atoms with E-state index >= 15 is 0 Å². The zero-order chi connectivity index (χ0) is 14.6. The number of ether oxygens (including phenoxy) is 1. The molecule has 0 saturated heterocycles. The lowest BCUT2D eigenvalue weighted by Gasteiger charge is -2.04. The summed E-state index contributed by atoms with van der Waals surface area (Å²) in [6.45, 7) is 9.71. The van der Waals surface area contributed by atoms with E-state index < -0.39 is 5.97 Å². The predicted octanol–water partition coefficient (Wildman–Crippen LogP) is 4.20. The summed E-state index contributed by atoms with van der Waals surface area (Å²) >= 11 is 0. The van der Waals surface area contributed by atoms with Gasteiger partial charge in [0.25, 0.3) is 0 Å². The molecule has 4 nitrogen and oxygen atoms in total. The Hall–Kier alpha value is -2.23. The lowest BCUT2D eigenvalue weighted by atomic mass is 10.0. The van der Waals surface area contributed by atoms with Crippen molar-refractivity contribution in [3.8, 4) is 5.75 Å². The van der Waals surface area contributed by atoms with E-state index in [1.807, 2.05) is 26.8 Å². The van der Waals surface area contributed by atoms with Gasteiger partial charge in [0.15, 0.2) is 11.3 Å². The van der Waals surface area contributed by atoms with E-state index in [0.29, 0.717) is 16.7 Å². The lowest BCUT2D eigenvalue weighted by molar-refractivity contribution is 0.0665. The highest BCUT2D eigenvalue weighted by Crippen LogP contribution is 2.34. The van der Waals surface area contributed by atoms with E-state index in [4.69, 9.17) is 14.3 Å². The second-order valence-electron chi connectivity index (χ2n) is 3.75. The Labute approximate surface area is 112 Å². The Morgan fingerprint density at radius 3 is 2.47 bits per heavy atom. The zero-order valence-electron chi connectivity index (χ0n) is 11.6. The summed E-state index contributed by atoms with van der Waals surface area (Å²) in [7, 11) is 1.51. The SMILES string of the molecule is C=C(C)c1ccc(OC)c2oc(C(=O)O)cc12.CC. The first-order valence-corrected chi connectivity index (χ1v) is 6.04. The van der Waals surface area contributed by atoms with E-state index in [1.54, 1.807) is 6.07 Å². The Balaban J connectivity index is 0.000000861. The van der Waals surface area contributed by atoms with Crippen LogP contribution >= 0.6 is 0 Å². The highest BCUT2D eigenvalue weighted by molar-refractivity contribution is 5.98. The molecule has 0 aliphatic carbocycles. The summed E-state index contributed by atoms with van der Waals surface area (Å²) in [4.78, 5) is 10.9. The van der Waals surface area contributed by atoms with Gasteiger partial charge in [0.1, 0.15) is 0 Å². The molecule has 0 bridgehead atoms. The average Bonchev–Trinajstić information content (AvgIpc) is 2.84. The summed E-state index contributed by atoms with van der Waals surface area (Å²) in [5.74, 6) is -0.694. The van der Waals surface area contributed by atoms with Crippen molar-refractivity contribution in [1.29, 1.82) is 0 Å². The van der Waals surface area contributed by atoms with Crippen LogP contribution in [0.15, 0.2) is 29.2 Å². The van der Waals surface area contributed by atoms with Gasteiger partial charge < -0.3 is 14.3 Å². The number of carbonyl (C=O) groups is 1. The molecule has 0 radical (unpaired) electrons. The number of aromatic carboxylic acids is 1. The fourth-order valence-electron chi connectivity index (χ4n) is 1.74. The molecule has 19 heavy (non-hydrogen) atoms. The molecule has 1 heterocycles. The normalized spacial score (nSPS) is 9.68. The topological polar surface area (TPSA) is 59.7 Å². The van der Waals surface area contributed by atoms with Gasteiger partial charge in [-0.3, -0.25) is 0 Å².